The lowest BCUT2D eigenvalue weighted by molar-refractivity contribution is -0.124. The zero-order valence-corrected chi connectivity index (χ0v) is 13.4. The predicted molar refractivity (Wildman–Crippen MR) is 86.8 cm³/mol. The molecule has 2 atom stereocenters. The van der Waals surface area contributed by atoms with Crippen LogP contribution in [0.1, 0.15) is 25.3 Å². The molecule has 0 bridgehead atoms. The predicted octanol–water partition coefficient (Wildman–Crippen LogP) is 2.54. The topological polar surface area (TPSA) is 66.8 Å². The van der Waals surface area contributed by atoms with Gasteiger partial charge in [0.1, 0.15) is 6.61 Å². The summed E-state index contributed by atoms with van der Waals surface area (Å²) >= 11 is 0. The number of ether oxygens (including phenoxy) is 1. The molecular weight excluding hydrogens is 294 g/mol. The highest BCUT2D eigenvalue weighted by Gasteiger charge is 2.36. The van der Waals surface area contributed by atoms with Gasteiger partial charge in [0.15, 0.2) is 0 Å². The number of carbonyl (C=O) groups is 2. The van der Waals surface area contributed by atoms with Gasteiger partial charge in [-0.05, 0) is 36.8 Å². The van der Waals surface area contributed by atoms with Crippen LogP contribution in [0.2, 0.25) is 0 Å². The van der Waals surface area contributed by atoms with E-state index in [4.69, 9.17) is 9.84 Å². The standard InChI is InChI=1S/C18H23NO4/c1-14(6-5-11-20)9-10-17(21)19-16(13-23-18(19)22)12-15-7-3-2-4-8-15/h2-4,7-10,14,16,20H,5-6,11-13H2,1H3/b10-9+/t14-,16-/m0/s1. The van der Waals surface area contributed by atoms with Gasteiger partial charge in [-0.3, -0.25) is 4.79 Å². The molecule has 1 aliphatic rings. The van der Waals surface area contributed by atoms with Gasteiger partial charge in [0, 0.05) is 6.61 Å². The van der Waals surface area contributed by atoms with Gasteiger partial charge in [0.25, 0.3) is 5.91 Å². The molecule has 0 aliphatic carbocycles. The van der Waals surface area contributed by atoms with Gasteiger partial charge in [-0.15, -0.1) is 0 Å². The molecule has 1 fully saturated rings. The second-order valence-corrected chi connectivity index (χ2v) is 5.83. The number of benzene rings is 1. The molecule has 124 valence electrons. The van der Waals surface area contributed by atoms with Crippen molar-refractivity contribution in [1.82, 2.24) is 4.90 Å². The van der Waals surface area contributed by atoms with Crippen molar-refractivity contribution in [3.63, 3.8) is 0 Å². The Balaban J connectivity index is 1.98. The Hall–Kier alpha value is -2.14. The molecule has 2 amide bonds. The molecule has 0 aromatic heterocycles. The molecule has 1 heterocycles. The van der Waals surface area contributed by atoms with Crippen molar-refractivity contribution < 1.29 is 19.4 Å². The SMILES string of the molecule is C[C@H](/C=C/C(=O)N1C(=O)OC[C@@H]1Cc1ccccc1)CCCO. The van der Waals surface area contributed by atoms with Crippen LogP contribution < -0.4 is 0 Å². The fourth-order valence-corrected chi connectivity index (χ4v) is 2.60. The fraction of sp³-hybridized carbons (Fsp3) is 0.444. The number of carbonyl (C=O) groups excluding carboxylic acids is 2. The summed E-state index contributed by atoms with van der Waals surface area (Å²) in [6, 6.07) is 9.47. The average molecular weight is 317 g/mol. The third kappa shape index (κ3) is 4.93. The zero-order chi connectivity index (χ0) is 16.7. The molecule has 1 N–H and O–H groups in total. The number of rotatable bonds is 7. The molecule has 0 spiro atoms. The Kier molecular flexibility index (Phi) is 6.35. The normalized spacial score (nSPS) is 19.1. The molecule has 23 heavy (non-hydrogen) atoms. The minimum absolute atomic E-state index is 0.143. The highest BCUT2D eigenvalue weighted by molar-refractivity contribution is 5.99. The molecular formula is C18H23NO4. The van der Waals surface area contributed by atoms with Crippen molar-refractivity contribution in [3.8, 4) is 0 Å². The second-order valence-electron chi connectivity index (χ2n) is 5.83. The summed E-state index contributed by atoms with van der Waals surface area (Å²) in [6.45, 7) is 2.35. The van der Waals surface area contributed by atoms with E-state index in [0.29, 0.717) is 12.8 Å². The van der Waals surface area contributed by atoms with Crippen LogP contribution >= 0.6 is 0 Å². The number of allylic oxidation sites excluding steroid dienone is 1. The number of hydrogen-bond acceptors (Lipinski definition) is 4. The van der Waals surface area contributed by atoms with Crippen LogP contribution in [0.25, 0.3) is 0 Å². The van der Waals surface area contributed by atoms with Crippen molar-refractivity contribution in [3.05, 3.63) is 48.0 Å². The van der Waals surface area contributed by atoms with Crippen molar-refractivity contribution >= 4 is 12.0 Å². The van der Waals surface area contributed by atoms with E-state index in [-0.39, 0.29) is 31.1 Å². The van der Waals surface area contributed by atoms with Crippen molar-refractivity contribution in [2.75, 3.05) is 13.2 Å². The first-order valence-corrected chi connectivity index (χ1v) is 7.94. The molecule has 1 saturated heterocycles. The zero-order valence-electron chi connectivity index (χ0n) is 13.4. The van der Waals surface area contributed by atoms with E-state index in [0.717, 1.165) is 12.0 Å². The minimum Gasteiger partial charge on any atom is -0.447 e. The van der Waals surface area contributed by atoms with E-state index < -0.39 is 6.09 Å². The highest BCUT2D eigenvalue weighted by Crippen LogP contribution is 2.18. The summed E-state index contributed by atoms with van der Waals surface area (Å²) in [5.41, 5.74) is 1.06. The first-order chi connectivity index (χ1) is 11.1. The summed E-state index contributed by atoms with van der Waals surface area (Å²) in [7, 11) is 0. The number of cyclic esters (lactones) is 1. The molecule has 1 aliphatic heterocycles. The Labute approximate surface area is 136 Å². The molecule has 0 saturated carbocycles. The van der Waals surface area contributed by atoms with E-state index in [2.05, 4.69) is 0 Å². The number of amides is 2. The van der Waals surface area contributed by atoms with Crippen LogP contribution in [-0.2, 0) is 16.0 Å². The van der Waals surface area contributed by atoms with Gasteiger partial charge < -0.3 is 9.84 Å². The lowest BCUT2D eigenvalue weighted by Gasteiger charge is -2.18. The van der Waals surface area contributed by atoms with Gasteiger partial charge in [0.2, 0.25) is 0 Å². The van der Waals surface area contributed by atoms with Gasteiger partial charge in [-0.1, -0.05) is 43.3 Å². The smallest absolute Gasteiger partial charge is 0.417 e. The molecule has 0 unspecified atom stereocenters. The van der Waals surface area contributed by atoms with E-state index in [1.807, 2.05) is 37.3 Å². The minimum atomic E-state index is -0.580. The second kappa shape index (κ2) is 8.48. The Morgan fingerprint density at radius 1 is 1.43 bits per heavy atom. The molecule has 0 radical (unpaired) electrons. The summed E-state index contributed by atoms with van der Waals surface area (Å²) in [4.78, 5) is 25.4. The number of imide groups is 1. The number of nitrogens with zero attached hydrogens (tertiary/aromatic N) is 1. The first kappa shape index (κ1) is 17.2. The van der Waals surface area contributed by atoms with Crippen LogP contribution in [0.5, 0.6) is 0 Å². The lowest BCUT2D eigenvalue weighted by Crippen LogP contribution is -2.39. The summed E-state index contributed by atoms with van der Waals surface area (Å²) in [5, 5.41) is 8.81. The van der Waals surface area contributed by atoms with Gasteiger partial charge in [-0.25, -0.2) is 9.69 Å². The Morgan fingerprint density at radius 3 is 2.87 bits per heavy atom. The van der Waals surface area contributed by atoms with Crippen LogP contribution in [0.3, 0.4) is 0 Å². The average Bonchev–Trinajstić information content (AvgIpc) is 2.92. The Morgan fingerprint density at radius 2 is 2.17 bits per heavy atom. The largest absolute Gasteiger partial charge is 0.447 e. The van der Waals surface area contributed by atoms with Crippen LogP contribution in [0.4, 0.5) is 4.79 Å². The monoisotopic (exact) mass is 317 g/mol. The van der Waals surface area contributed by atoms with Crippen molar-refractivity contribution in [1.29, 1.82) is 0 Å². The third-order valence-electron chi connectivity index (χ3n) is 3.90. The fourth-order valence-electron chi connectivity index (χ4n) is 2.60. The maximum Gasteiger partial charge on any atom is 0.417 e. The first-order valence-electron chi connectivity index (χ1n) is 7.94. The Bertz CT molecular complexity index is 555. The van der Waals surface area contributed by atoms with Gasteiger partial charge >= 0.3 is 6.09 Å². The van der Waals surface area contributed by atoms with Gasteiger partial charge in [-0.2, -0.15) is 0 Å². The summed E-state index contributed by atoms with van der Waals surface area (Å²) in [5.74, 6) is -0.165. The highest BCUT2D eigenvalue weighted by atomic mass is 16.6. The van der Waals surface area contributed by atoms with E-state index in [1.54, 1.807) is 6.08 Å². The van der Waals surface area contributed by atoms with Crippen molar-refractivity contribution in [2.45, 2.75) is 32.2 Å². The van der Waals surface area contributed by atoms with E-state index in [9.17, 15) is 9.59 Å². The molecule has 5 nitrogen and oxygen atoms in total. The van der Waals surface area contributed by atoms with Gasteiger partial charge in [0.05, 0.1) is 6.04 Å². The maximum atomic E-state index is 12.3. The van der Waals surface area contributed by atoms with Crippen LogP contribution in [0, 0.1) is 5.92 Å². The molecule has 5 heteroatoms. The van der Waals surface area contributed by atoms with E-state index >= 15 is 0 Å². The number of aliphatic hydroxyl groups is 1. The van der Waals surface area contributed by atoms with E-state index in [1.165, 1.54) is 11.0 Å². The third-order valence-corrected chi connectivity index (χ3v) is 3.90. The maximum absolute atomic E-state index is 12.3. The quantitative estimate of drug-likeness (QED) is 0.785. The molecule has 2 rings (SSSR count). The summed E-state index contributed by atoms with van der Waals surface area (Å²) < 4.78 is 5.04. The van der Waals surface area contributed by atoms with Crippen LogP contribution in [0.15, 0.2) is 42.5 Å². The summed E-state index contributed by atoms with van der Waals surface area (Å²) in [6.07, 6.45) is 4.73. The van der Waals surface area contributed by atoms with Crippen LogP contribution in [-0.4, -0.2) is 41.3 Å². The molecule has 1 aromatic rings. The molecule has 1 aromatic carbocycles. The number of hydrogen-bond donors (Lipinski definition) is 1. The lowest BCUT2D eigenvalue weighted by atomic mass is 10.0. The van der Waals surface area contributed by atoms with Crippen molar-refractivity contribution in [2.24, 2.45) is 5.92 Å². The number of aliphatic hydroxyl groups excluding tert-OH is 1.